The second-order valence-corrected chi connectivity index (χ2v) is 9.98. The molecule has 0 saturated carbocycles. The van der Waals surface area contributed by atoms with E-state index in [1.165, 1.54) is 0 Å². The van der Waals surface area contributed by atoms with Gasteiger partial charge in [0.15, 0.2) is 0 Å². The van der Waals surface area contributed by atoms with Gasteiger partial charge < -0.3 is 24.8 Å². The van der Waals surface area contributed by atoms with Crippen LogP contribution in [0.3, 0.4) is 0 Å². The Labute approximate surface area is 191 Å². The van der Waals surface area contributed by atoms with Crippen LogP contribution in [0.1, 0.15) is 67.2 Å². The summed E-state index contributed by atoms with van der Waals surface area (Å²) in [5, 5.41) is 13.2. The fourth-order valence-electron chi connectivity index (χ4n) is 6.22. The van der Waals surface area contributed by atoms with Crippen LogP contribution < -0.4 is 5.32 Å². The molecule has 3 rings (SSSR count). The van der Waals surface area contributed by atoms with Crippen molar-refractivity contribution < 1.29 is 29.0 Å². The first kappa shape index (κ1) is 25.0. The molecule has 32 heavy (non-hydrogen) atoms. The Hall–Kier alpha value is -1.67. The zero-order chi connectivity index (χ0) is 23.8. The number of nitrogens with one attached hydrogen (secondary N) is 1. The average Bonchev–Trinajstić information content (AvgIpc) is 3.26. The van der Waals surface area contributed by atoms with Crippen molar-refractivity contribution in [3.63, 3.8) is 0 Å². The van der Waals surface area contributed by atoms with Crippen LogP contribution in [-0.2, 0) is 23.9 Å². The van der Waals surface area contributed by atoms with Crippen molar-refractivity contribution in [2.45, 2.75) is 90.5 Å². The predicted octanol–water partition coefficient (Wildman–Crippen LogP) is 1.88. The van der Waals surface area contributed by atoms with Gasteiger partial charge in [-0.05, 0) is 38.5 Å². The van der Waals surface area contributed by atoms with Gasteiger partial charge in [0.25, 0.3) is 0 Å². The Morgan fingerprint density at radius 1 is 1.34 bits per heavy atom. The van der Waals surface area contributed by atoms with E-state index in [4.69, 9.17) is 9.47 Å². The summed E-state index contributed by atoms with van der Waals surface area (Å²) in [7, 11) is 0. The number of nitrogens with zero attached hydrogens (tertiary/aromatic N) is 1. The van der Waals surface area contributed by atoms with Gasteiger partial charge >= 0.3 is 5.97 Å². The quantitative estimate of drug-likeness (QED) is 0.387. The number of fused-ring (bicyclic) bond motifs is 1. The number of carbonyl (C=O) groups excluding carboxylic acids is 3. The summed E-state index contributed by atoms with van der Waals surface area (Å²) in [4.78, 5) is 42.1. The molecule has 3 aliphatic rings. The smallest absolute Gasteiger partial charge is 0.312 e. The van der Waals surface area contributed by atoms with Crippen LogP contribution in [-0.4, -0.2) is 70.8 Å². The van der Waals surface area contributed by atoms with Crippen molar-refractivity contribution in [2.24, 2.45) is 23.7 Å². The monoisotopic (exact) mass is 452 g/mol. The summed E-state index contributed by atoms with van der Waals surface area (Å²) in [6.45, 7) is 12.1. The molecular weight excluding hydrogens is 412 g/mol. The highest BCUT2D eigenvalue weighted by Crippen LogP contribution is 2.65. The maximum Gasteiger partial charge on any atom is 0.312 e. The van der Waals surface area contributed by atoms with Crippen molar-refractivity contribution in [3.05, 3.63) is 0 Å². The van der Waals surface area contributed by atoms with Crippen LogP contribution in [0.15, 0.2) is 0 Å². The molecule has 0 aromatic carbocycles. The SMILES string of the molecule is CCCCNC(=O)C1N([C@@H](CO)[C@@H](C)CC)C(=O)[C@@H]2[C@@H](C(=O)OCC)[C@]3(C)OC12CC3C. The van der Waals surface area contributed by atoms with Gasteiger partial charge in [-0.25, -0.2) is 0 Å². The van der Waals surface area contributed by atoms with E-state index in [1.54, 1.807) is 11.8 Å². The van der Waals surface area contributed by atoms with Crippen LogP contribution in [0.5, 0.6) is 0 Å². The van der Waals surface area contributed by atoms with Gasteiger partial charge in [0, 0.05) is 6.54 Å². The molecule has 3 aliphatic heterocycles. The summed E-state index contributed by atoms with van der Waals surface area (Å²) in [5.74, 6) is -2.60. The third kappa shape index (κ3) is 3.54. The molecule has 2 amide bonds. The second-order valence-electron chi connectivity index (χ2n) is 9.98. The van der Waals surface area contributed by atoms with E-state index < -0.39 is 41.1 Å². The molecule has 3 unspecified atom stereocenters. The number of unbranched alkanes of at least 4 members (excludes halogenated alkanes) is 1. The number of carbonyl (C=O) groups is 3. The standard InChI is InChI=1S/C24H40N2O6/c1-7-10-11-25-20(28)19-24-12-15(5)23(6,32-24)18(22(30)31-9-3)17(24)21(29)26(19)16(13-27)14(4)8-2/h14-19,27H,7-13H2,1-6H3,(H,25,28)/t14-,15?,16-,17-,18-,19?,23+,24?/m0/s1. The summed E-state index contributed by atoms with van der Waals surface area (Å²) in [6, 6.07) is -1.41. The normalized spacial score (nSPS) is 37.3. The number of likely N-dealkylation sites (tertiary alicyclic amines) is 1. The van der Waals surface area contributed by atoms with Crippen molar-refractivity contribution in [2.75, 3.05) is 19.8 Å². The molecule has 2 bridgehead atoms. The van der Waals surface area contributed by atoms with E-state index in [0.29, 0.717) is 13.0 Å². The summed E-state index contributed by atoms with van der Waals surface area (Å²) < 4.78 is 12.0. The minimum absolute atomic E-state index is 0.0172. The molecule has 0 aromatic rings. The fourth-order valence-corrected chi connectivity index (χ4v) is 6.22. The number of esters is 1. The average molecular weight is 453 g/mol. The molecule has 3 fully saturated rings. The van der Waals surface area contributed by atoms with Crippen LogP contribution in [0.25, 0.3) is 0 Å². The third-order valence-electron chi connectivity index (χ3n) is 8.22. The van der Waals surface area contributed by atoms with E-state index in [0.717, 1.165) is 19.3 Å². The molecule has 8 heteroatoms. The molecule has 3 saturated heterocycles. The highest BCUT2D eigenvalue weighted by atomic mass is 16.6. The molecule has 3 heterocycles. The van der Waals surface area contributed by atoms with Gasteiger partial charge in [0.2, 0.25) is 11.8 Å². The van der Waals surface area contributed by atoms with Gasteiger partial charge in [-0.3, -0.25) is 14.4 Å². The highest BCUT2D eigenvalue weighted by molar-refractivity contribution is 5.98. The molecule has 182 valence electrons. The molecule has 0 aromatic heterocycles. The molecule has 8 atom stereocenters. The minimum Gasteiger partial charge on any atom is -0.466 e. The lowest BCUT2D eigenvalue weighted by Gasteiger charge is -2.39. The molecule has 8 nitrogen and oxygen atoms in total. The van der Waals surface area contributed by atoms with Gasteiger partial charge in [0.05, 0.1) is 30.8 Å². The molecular formula is C24H40N2O6. The number of hydrogen-bond donors (Lipinski definition) is 2. The number of aliphatic hydroxyl groups excluding tert-OH is 1. The summed E-state index contributed by atoms with van der Waals surface area (Å²) >= 11 is 0. The zero-order valence-electron chi connectivity index (χ0n) is 20.3. The number of hydrogen-bond acceptors (Lipinski definition) is 6. The van der Waals surface area contributed by atoms with Crippen LogP contribution in [0.2, 0.25) is 0 Å². The Kier molecular flexibility index (Phi) is 7.25. The van der Waals surface area contributed by atoms with Gasteiger partial charge in [-0.15, -0.1) is 0 Å². The number of aliphatic hydroxyl groups is 1. The van der Waals surface area contributed by atoms with E-state index in [-0.39, 0.29) is 36.9 Å². The predicted molar refractivity (Wildman–Crippen MR) is 118 cm³/mol. The van der Waals surface area contributed by atoms with Crippen molar-refractivity contribution in [1.29, 1.82) is 0 Å². The first-order chi connectivity index (χ1) is 15.1. The molecule has 2 N–H and O–H groups in total. The van der Waals surface area contributed by atoms with Gasteiger partial charge in [-0.2, -0.15) is 0 Å². The first-order valence-electron chi connectivity index (χ1n) is 12.2. The van der Waals surface area contributed by atoms with Crippen LogP contribution >= 0.6 is 0 Å². The maximum atomic E-state index is 14.0. The lowest BCUT2D eigenvalue weighted by Crippen LogP contribution is -2.59. The fraction of sp³-hybridized carbons (Fsp3) is 0.875. The maximum absolute atomic E-state index is 14.0. The second kappa shape index (κ2) is 9.29. The molecule has 0 radical (unpaired) electrons. The highest BCUT2D eigenvalue weighted by Gasteiger charge is 2.80. The molecule has 0 aliphatic carbocycles. The Morgan fingerprint density at radius 2 is 2.03 bits per heavy atom. The summed E-state index contributed by atoms with van der Waals surface area (Å²) in [5.41, 5.74) is -1.97. The van der Waals surface area contributed by atoms with Gasteiger partial charge in [-0.1, -0.05) is 40.5 Å². The number of amides is 2. The van der Waals surface area contributed by atoms with Crippen LogP contribution in [0, 0.1) is 23.7 Å². The van der Waals surface area contributed by atoms with E-state index in [1.807, 2.05) is 34.6 Å². The number of rotatable bonds is 10. The lowest BCUT2D eigenvalue weighted by molar-refractivity contribution is -0.162. The Bertz CT molecular complexity index is 744. The lowest BCUT2D eigenvalue weighted by atomic mass is 9.62. The van der Waals surface area contributed by atoms with Crippen molar-refractivity contribution in [3.8, 4) is 0 Å². The Morgan fingerprint density at radius 3 is 2.59 bits per heavy atom. The van der Waals surface area contributed by atoms with Crippen molar-refractivity contribution >= 4 is 17.8 Å². The number of ether oxygens (including phenoxy) is 2. The van der Waals surface area contributed by atoms with Gasteiger partial charge in [0.1, 0.15) is 17.6 Å². The topological polar surface area (TPSA) is 105 Å². The van der Waals surface area contributed by atoms with Crippen LogP contribution in [0.4, 0.5) is 0 Å². The third-order valence-corrected chi connectivity index (χ3v) is 8.22. The minimum atomic E-state index is -1.10. The van der Waals surface area contributed by atoms with E-state index >= 15 is 0 Å². The first-order valence-corrected chi connectivity index (χ1v) is 12.2. The largest absolute Gasteiger partial charge is 0.466 e. The summed E-state index contributed by atoms with van der Waals surface area (Å²) in [6.07, 6.45) is 3.02. The van der Waals surface area contributed by atoms with Crippen molar-refractivity contribution in [1.82, 2.24) is 10.2 Å². The Balaban J connectivity index is 2.10. The van der Waals surface area contributed by atoms with E-state index in [9.17, 15) is 19.5 Å². The van der Waals surface area contributed by atoms with E-state index in [2.05, 4.69) is 5.32 Å². The zero-order valence-corrected chi connectivity index (χ0v) is 20.3. The molecule has 1 spiro atoms.